The first-order chi connectivity index (χ1) is 10.1. The summed E-state index contributed by atoms with van der Waals surface area (Å²) in [6.07, 6.45) is 6.53. The summed E-state index contributed by atoms with van der Waals surface area (Å²) in [4.78, 5) is 15.6. The molecule has 0 saturated heterocycles. The number of carbonyl (C=O) groups excluding carboxylic acids is 1. The van der Waals surface area contributed by atoms with Gasteiger partial charge < -0.3 is 4.74 Å². The van der Waals surface area contributed by atoms with Crippen LogP contribution in [0.1, 0.15) is 5.69 Å². The minimum absolute atomic E-state index is 0.428. The second-order valence-corrected chi connectivity index (χ2v) is 4.61. The Morgan fingerprint density at radius 1 is 1.43 bits per heavy atom. The molecular weight excluding hydrogens is 268 g/mol. The number of carbonyl (C=O) groups is 1. The van der Waals surface area contributed by atoms with Crippen LogP contribution in [0.5, 0.6) is 5.75 Å². The first-order valence-electron chi connectivity index (χ1n) is 6.41. The minimum Gasteiger partial charge on any atom is -0.417 e. The van der Waals surface area contributed by atoms with E-state index in [1.54, 1.807) is 31.0 Å². The fraction of sp³-hybridized carbons (Fsp3) is 0.133. The number of aromatic nitrogens is 4. The summed E-state index contributed by atoms with van der Waals surface area (Å²) in [6, 6.07) is 3.85. The Morgan fingerprint density at radius 3 is 3.00 bits per heavy atom. The Morgan fingerprint density at radius 2 is 2.24 bits per heavy atom. The van der Waals surface area contributed by atoms with Crippen LogP contribution in [0.25, 0.3) is 16.7 Å². The van der Waals surface area contributed by atoms with Crippen molar-refractivity contribution in [1.82, 2.24) is 19.3 Å². The van der Waals surface area contributed by atoms with Crippen LogP contribution in [0, 0.1) is 6.92 Å². The van der Waals surface area contributed by atoms with Crippen LogP contribution < -0.4 is 4.74 Å². The van der Waals surface area contributed by atoms with Gasteiger partial charge in [-0.3, -0.25) is 9.55 Å². The Balaban J connectivity index is 2.22. The van der Waals surface area contributed by atoms with Crippen LogP contribution in [0.2, 0.25) is 0 Å². The lowest BCUT2D eigenvalue weighted by Gasteiger charge is -2.09. The van der Waals surface area contributed by atoms with Gasteiger partial charge in [0.15, 0.2) is 11.6 Å². The summed E-state index contributed by atoms with van der Waals surface area (Å²) in [7, 11) is 1.81. The van der Waals surface area contributed by atoms with Gasteiger partial charge in [0.05, 0.1) is 5.52 Å². The van der Waals surface area contributed by atoms with E-state index < -0.39 is 5.97 Å². The molecule has 3 aromatic heterocycles. The van der Waals surface area contributed by atoms with Crippen molar-refractivity contribution in [2.45, 2.75) is 6.92 Å². The van der Waals surface area contributed by atoms with Gasteiger partial charge in [-0.15, -0.1) is 0 Å². The van der Waals surface area contributed by atoms with Crippen LogP contribution >= 0.6 is 0 Å². The molecule has 6 nitrogen and oxygen atoms in total. The van der Waals surface area contributed by atoms with Crippen LogP contribution in [0.4, 0.5) is 0 Å². The van der Waals surface area contributed by atoms with Gasteiger partial charge in [0.2, 0.25) is 0 Å². The molecule has 0 atom stereocenters. The standard InChI is InChI=1S/C15H14N4O2/c1-4-13(20)21-14-10(2)17-18(3)15(14)19-8-6-11-9-16-7-5-12(11)19/h4-9H,1H2,2-3H3. The SMILES string of the molecule is C=CC(=O)Oc1c(C)nn(C)c1-n1ccc2cnccc21. The first kappa shape index (κ1) is 13.1. The molecule has 106 valence electrons. The fourth-order valence-electron chi connectivity index (χ4n) is 2.32. The number of aryl methyl sites for hydroxylation is 2. The summed E-state index contributed by atoms with van der Waals surface area (Å²) >= 11 is 0. The summed E-state index contributed by atoms with van der Waals surface area (Å²) < 4.78 is 8.94. The second kappa shape index (κ2) is 4.90. The quantitative estimate of drug-likeness (QED) is 0.545. The van der Waals surface area contributed by atoms with Gasteiger partial charge in [-0.05, 0) is 19.1 Å². The van der Waals surface area contributed by atoms with Gasteiger partial charge in [0, 0.05) is 37.1 Å². The van der Waals surface area contributed by atoms with Crippen molar-refractivity contribution >= 4 is 16.9 Å². The van der Waals surface area contributed by atoms with E-state index in [1.807, 2.05) is 22.9 Å². The van der Waals surface area contributed by atoms with Crippen molar-refractivity contribution < 1.29 is 9.53 Å². The number of pyridine rings is 1. The first-order valence-corrected chi connectivity index (χ1v) is 6.41. The highest BCUT2D eigenvalue weighted by molar-refractivity contribution is 5.85. The molecule has 21 heavy (non-hydrogen) atoms. The number of ether oxygens (including phenoxy) is 1. The summed E-state index contributed by atoms with van der Waals surface area (Å²) in [5, 5.41) is 5.33. The largest absolute Gasteiger partial charge is 0.417 e. The number of hydrogen-bond donors (Lipinski definition) is 0. The average Bonchev–Trinajstić information content (AvgIpc) is 3.00. The van der Waals surface area contributed by atoms with E-state index in [0.29, 0.717) is 17.3 Å². The fourth-order valence-corrected chi connectivity index (χ4v) is 2.32. The smallest absolute Gasteiger partial charge is 0.335 e. The van der Waals surface area contributed by atoms with Gasteiger partial charge >= 0.3 is 5.97 Å². The highest BCUT2D eigenvalue weighted by atomic mass is 16.5. The Bertz CT molecular complexity index is 845. The topological polar surface area (TPSA) is 61.9 Å². The normalized spacial score (nSPS) is 10.8. The number of rotatable bonds is 3. The summed E-state index contributed by atoms with van der Waals surface area (Å²) in [6.45, 7) is 5.21. The third kappa shape index (κ3) is 2.10. The van der Waals surface area contributed by atoms with Gasteiger partial charge in [-0.25, -0.2) is 9.48 Å². The van der Waals surface area contributed by atoms with Crippen LogP contribution in [-0.2, 0) is 11.8 Å². The molecule has 6 heteroatoms. The molecule has 0 aliphatic rings. The van der Waals surface area contributed by atoms with Crippen molar-refractivity contribution in [1.29, 1.82) is 0 Å². The van der Waals surface area contributed by atoms with E-state index in [0.717, 1.165) is 17.0 Å². The average molecular weight is 282 g/mol. The number of hydrogen-bond acceptors (Lipinski definition) is 4. The van der Waals surface area contributed by atoms with Crippen molar-refractivity contribution in [3.63, 3.8) is 0 Å². The molecule has 0 spiro atoms. The predicted octanol–water partition coefficient (Wildman–Crippen LogP) is 2.16. The molecule has 3 heterocycles. The van der Waals surface area contributed by atoms with Gasteiger partial charge in [-0.2, -0.15) is 5.10 Å². The van der Waals surface area contributed by atoms with Gasteiger partial charge in [0.25, 0.3) is 0 Å². The number of nitrogens with zero attached hydrogens (tertiary/aromatic N) is 4. The van der Waals surface area contributed by atoms with E-state index in [9.17, 15) is 4.79 Å². The third-order valence-corrected chi connectivity index (χ3v) is 3.23. The van der Waals surface area contributed by atoms with E-state index in [-0.39, 0.29) is 0 Å². The zero-order chi connectivity index (χ0) is 15.0. The lowest BCUT2D eigenvalue weighted by molar-refractivity contribution is -0.129. The molecule has 0 saturated carbocycles. The van der Waals surface area contributed by atoms with E-state index in [2.05, 4.69) is 16.7 Å². The lowest BCUT2D eigenvalue weighted by Crippen LogP contribution is -2.08. The highest BCUT2D eigenvalue weighted by Crippen LogP contribution is 2.30. The zero-order valence-corrected chi connectivity index (χ0v) is 11.8. The van der Waals surface area contributed by atoms with Crippen molar-refractivity contribution in [3.05, 3.63) is 49.1 Å². The molecule has 0 amide bonds. The van der Waals surface area contributed by atoms with Crippen LogP contribution in [-0.4, -0.2) is 25.3 Å². The van der Waals surface area contributed by atoms with Crippen LogP contribution in [0.3, 0.4) is 0 Å². The molecule has 0 N–H and O–H groups in total. The van der Waals surface area contributed by atoms with Gasteiger partial charge in [-0.1, -0.05) is 6.58 Å². The van der Waals surface area contributed by atoms with E-state index >= 15 is 0 Å². The molecule has 3 rings (SSSR count). The molecule has 0 fully saturated rings. The molecule has 0 unspecified atom stereocenters. The Labute approximate surface area is 121 Å². The molecule has 0 aliphatic carbocycles. The maximum Gasteiger partial charge on any atom is 0.335 e. The van der Waals surface area contributed by atoms with Crippen molar-refractivity contribution in [2.24, 2.45) is 7.05 Å². The van der Waals surface area contributed by atoms with E-state index in [1.165, 1.54) is 0 Å². The third-order valence-electron chi connectivity index (χ3n) is 3.23. The molecule has 0 bridgehead atoms. The van der Waals surface area contributed by atoms with Crippen molar-refractivity contribution in [3.8, 4) is 11.6 Å². The molecule has 0 aliphatic heterocycles. The van der Waals surface area contributed by atoms with Gasteiger partial charge in [0.1, 0.15) is 5.69 Å². The van der Waals surface area contributed by atoms with Crippen molar-refractivity contribution in [2.75, 3.05) is 0 Å². The maximum absolute atomic E-state index is 11.5. The summed E-state index contributed by atoms with van der Waals surface area (Å²) in [5.41, 5.74) is 1.60. The Hall–Kier alpha value is -2.89. The lowest BCUT2D eigenvalue weighted by atomic mass is 10.3. The molecule has 0 radical (unpaired) electrons. The molecule has 0 aromatic carbocycles. The predicted molar refractivity (Wildman–Crippen MR) is 78.4 cm³/mol. The highest BCUT2D eigenvalue weighted by Gasteiger charge is 2.19. The van der Waals surface area contributed by atoms with Crippen LogP contribution in [0.15, 0.2) is 43.4 Å². The summed E-state index contributed by atoms with van der Waals surface area (Å²) in [5.74, 6) is 0.603. The zero-order valence-electron chi connectivity index (χ0n) is 11.8. The number of esters is 1. The Kier molecular flexibility index (Phi) is 3.06. The van der Waals surface area contributed by atoms with E-state index in [4.69, 9.17) is 4.74 Å². The number of fused-ring (bicyclic) bond motifs is 1. The monoisotopic (exact) mass is 282 g/mol. The minimum atomic E-state index is -0.509. The molecular formula is C15H14N4O2. The molecule has 3 aromatic rings. The maximum atomic E-state index is 11.5. The second-order valence-electron chi connectivity index (χ2n) is 4.61.